The molecule has 1 N–H and O–H groups in total. The molecule has 0 spiro atoms. The van der Waals surface area contributed by atoms with Gasteiger partial charge in [-0.15, -0.1) is 0 Å². The summed E-state index contributed by atoms with van der Waals surface area (Å²) in [6, 6.07) is 8.66. The van der Waals surface area contributed by atoms with Crippen molar-refractivity contribution in [3.05, 3.63) is 35.6 Å². The molecule has 0 saturated heterocycles. The SMILES string of the molecule is CNC(CC(C)COC)c1cc2cc(C)ccc2o1. The molecule has 2 aromatic rings. The van der Waals surface area contributed by atoms with Crippen LogP contribution in [0.5, 0.6) is 0 Å². The summed E-state index contributed by atoms with van der Waals surface area (Å²) < 4.78 is 11.2. The Morgan fingerprint density at radius 2 is 2.11 bits per heavy atom. The number of fused-ring (bicyclic) bond motifs is 1. The van der Waals surface area contributed by atoms with Crippen molar-refractivity contribution in [2.75, 3.05) is 20.8 Å². The van der Waals surface area contributed by atoms with Crippen molar-refractivity contribution < 1.29 is 9.15 Å². The van der Waals surface area contributed by atoms with E-state index >= 15 is 0 Å². The van der Waals surface area contributed by atoms with Gasteiger partial charge in [-0.25, -0.2) is 0 Å². The normalized spacial score (nSPS) is 14.7. The fraction of sp³-hybridized carbons (Fsp3) is 0.500. The zero-order valence-electron chi connectivity index (χ0n) is 12.2. The van der Waals surface area contributed by atoms with E-state index in [-0.39, 0.29) is 6.04 Å². The quantitative estimate of drug-likeness (QED) is 0.861. The Morgan fingerprint density at radius 1 is 1.32 bits per heavy atom. The highest BCUT2D eigenvalue weighted by Gasteiger charge is 2.17. The molecule has 0 bridgehead atoms. The lowest BCUT2D eigenvalue weighted by Gasteiger charge is -2.18. The Balaban J connectivity index is 2.20. The van der Waals surface area contributed by atoms with Crippen LogP contribution in [0, 0.1) is 12.8 Å². The lowest BCUT2D eigenvalue weighted by atomic mass is 10.0. The fourth-order valence-corrected chi connectivity index (χ4v) is 2.49. The summed E-state index contributed by atoms with van der Waals surface area (Å²) in [6.07, 6.45) is 1.00. The third-order valence-corrected chi connectivity index (χ3v) is 3.47. The van der Waals surface area contributed by atoms with Gasteiger partial charge in [0.2, 0.25) is 0 Å². The largest absolute Gasteiger partial charge is 0.459 e. The highest BCUT2D eigenvalue weighted by Crippen LogP contribution is 2.28. The van der Waals surface area contributed by atoms with Gasteiger partial charge in [0.15, 0.2) is 0 Å². The number of rotatable bonds is 6. The number of furan rings is 1. The Labute approximate surface area is 114 Å². The van der Waals surface area contributed by atoms with Crippen LogP contribution in [-0.2, 0) is 4.74 Å². The van der Waals surface area contributed by atoms with Crippen molar-refractivity contribution in [1.29, 1.82) is 0 Å². The monoisotopic (exact) mass is 261 g/mol. The van der Waals surface area contributed by atoms with Gasteiger partial charge in [0, 0.05) is 19.1 Å². The molecular formula is C16H23NO2. The lowest BCUT2D eigenvalue weighted by molar-refractivity contribution is 0.148. The molecule has 0 aliphatic carbocycles. The molecule has 2 atom stereocenters. The van der Waals surface area contributed by atoms with Crippen LogP contribution in [0.3, 0.4) is 0 Å². The summed E-state index contributed by atoms with van der Waals surface area (Å²) in [5, 5.41) is 4.51. The van der Waals surface area contributed by atoms with Gasteiger partial charge in [-0.05, 0) is 44.5 Å². The van der Waals surface area contributed by atoms with E-state index in [1.54, 1.807) is 7.11 Å². The maximum atomic E-state index is 5.95. The number of ether oxygens (including phenoxy) is 1. The zero-order valence-corrected chi connectivity index (χ0v) is 12.2. The highest BCUT2D eigenvalue weighted by atomic mass is 16.5. The zero-order chi connectivity index (χ0) is 13.8. The van der Waals surface area contributed by atoms with Crippen LogP contribution in [0.25, 0.3) is 11.0 Å². The summed E-state index contributed by atoms with van der Waals surface area (Å²) in [6.45, 7) is 5.07. The summed E-state index contributed by atoms with van der Waals surface area (Å²) in [4.78, 5) is 0. The van der Waals surface area contributed by atoms with Gasteiger partial charge < -0.3 is 14.5 Å². The second-order valence-electron chi connectivity index (χ2n) is 5.33. The maximum absolute atomic E-state index is 5.95. The average Bonchev–Trinajstić information content (AvgIpc) is 2.78. The smallest absolute Gasteiger partial charge is 0.134 e. The van der Waals surface area contributed by atoms with E-state index in [4.69, 9.17) is 9.15 Å². The van der Waals surface area contributed by atoms with Crippen molar-refractivity contribution in [2.24, 2.45) is 5.92 Å². The highest BCUT2D eigenvalue weighted by molar-refractivity contribution is 5.78. The van der Waals surface area contributed by atoms with E-state index in [9.17, 15) is 0 Å². The molecule has 2 rings (SSSR count). The first kappa shape index (κ1) is 14.1. The minimum atomic E-state index is 0.234. The first-order valence-corrected chi connectivity index (χ1v) is 6.80. The molecule has 0 aliphatic rings. The van der Waals surface area contributed by atoms with E-state index in [1.165, 1.54) is 10.9 Å². The second kappa shape index (κ2) is 6.22. The van der Waals surface area contributed by atoms with Gasteiger partial charge in [-0.3, -0.25) is 0 Å². The Hall–Kier alpha value is -1.32. The molecule has 0 amide bonds. The van der Waals surface area contributed by atoms with Crippen molar-refractivity contribution >= 4 is 11.0 Å². The molecule has 0 radical (unpaired) electrons. The van der Waals surface area contributed by atoms with E-state index in [0.717, 1.165) is 24.4 Å². The first-order valence-electron chi connectivity index (χ1n) is 6.80. The minimum absolute atomic E-state index is 0.234. The van der Waals surface area contributed by atoms with Crippen LogP contribution in [0.15, 0.2) is 28.7 Å². The van der Waals surface area contributed by atoms with Gasteiger partial charge in [0.1, 0.15) is 11.3 Å². The maximum Gasteiger partial charge on any atom is 0.134 e. The molecule has 3 nitrogen and oxygen atoms in total. The van der Waals surface area contributed by atoms with Crippen LogP contribution in [-0.4, -0.2) is 20.8 Å². The topological polar surface area (TPSA) is 34.4 Å². The average molecular weight is 261 g/mol. The second-order valence-corrected chi connectivity index (χ2v) is 5.33. The summed E-state index contributed by atoms with van der Waals surface area (Å²) in [5.74, 6) is 1.50. The minimum Gasteiger partial charge on any atom is -0.459 e. The molecule has 1 heterocycles. The molecule has 0 fully saturated rings. The predicted octanol–water partition coefficient (Wildman–Crippen LogP) is 3.67. The molecule has 0 aliphatic heterocycles. The van der Waals surface area contributed by atoms with E-state index in [2.05, 4.69) is 37.4 Å². The van der Waals surface area contributed by atoms with Crippen LogP contribution in [0.2, 0.25) is 0 Å². The Morgan fingerprint density at radius 3 is 2.79 bits per heavy atom. The molecule has 1 aromatic carbocycles. The standard InChI is InChI=1S/C16H23NO2/c1-11-5-6-15-13(7-11)9-16(19-15)14(17-3)8-12(2)10-18-4/h5-7,9,12,14,17H,8,10H2,1-4H3. The van der Waals surface area contributed by atoms with Crippen molar-refractivity contribution in [3.8, 4) is 0 Å². The van der Waals surface area contributed by atoms with Crippen LogP contribution in [0.1, 0.15) is 30.7 Å². The van der Waals surface area contributed by atoms with E-state index in [1.807, 2.05) is 13.1 Å². The van der Waals surface area contributed by atoms with Crippen molar-refractivity contribution in [3.63, 3.8) is 0 Å². The number of hydrogen-bond acceptors (Lipinski definition) is 3. The van der Waals surface area contributed by atoms with Crippen LogP contribution >= 0.6 is 0 Å². The molecule has 104 valence electrons. The molecule has 0 saturated carbocycles. The number of nitrogens with one attached hydrogen (secondary N) is 1. The number of methoxy groups -OCH3 is 1. The third kappa shape index (κ3) is 3.37. The van der Waals surface area contributed by atoms with Crippen LogP contribution in [0.4, 0.5) is 0 Å². The molecular weight excluding hydrogens is 238 g/mol. The number of aryl methyl sites for hydroxylation is 1. The summed E-state index contributed by atoms with van der Waals surface area (Å²) in [7, 11) is 3.72. The van der Waals surface area contributed by atoms with Gasteiger partial charge >= 0.3 is 0 Å². The van der Waals surface area contributed by atoms with Crippen molar-refractivity contribution in [2.45, 2.75) is 26.3 Å². The molecule has 2 unspecified atom stereocenters. The Kier molecular flexibility index (Phi) is 4.61. The summed E-state index contributed by atoms with van der Waals surface area (Å²) in [5.41, 5.74) is 2.22. The van der Waals surface area contributed by atoms with Gasteiger partial charge in [-0.2, -0.15) is 0 Å². The van der Waals surface area contributed by atoms with Crippen molar-refractivity contribution in [1.82, 2.24) is 5.32 Å². The number of hydrogen-bond donors (Lipinski definition) is 1. The molecule has 19 heavy (non-hydrogen) atoms. The molecule has 3 heteroatoms. The van der Waals surface area contributed by atoms with Gasteiger partial charge in [0.05, 0.1) is 6.04 Å². The van der Waals surface area contributed by atoms with Gasteiger partial charge in [-0.1, -0.05) is 18.6 Å². The van der Waals surface area contributed by atoms with Crippen LogP contribution < -0.4 is 5.32 Å². The van der Waals surface area contributed by atoms with E-state index < -0.39 is 0 Å². The fourth-order valence-electron chi connectivity index (χ4n) is 2.49. The van der Waals surface area contributed by atoms with Gasteiger partial charge in [0.25, 0.3) is 0 Å². The third-order valence-electron chi connectivity index (χ3n) is 3.47. The van der Waals surface area contributed by atoms with E-state index in [0.29, 0.717) is 5.92 Å². The number of benzene rings is 1. The predicted molar refractivity (Wildman–Crippen MR) is 78.4 cm³/mol. The first-order chi connectivity index (χ1) is 9.13. The lowest BCUT2D eigenvalue weighted by Crippen LogP contribution is -2.20. The molecule has 1 aromatic heterocycles. The Bertz CT molecular complexity index is 533. The summed E-state index contributed by atoms with van der Waals surface area (Å²) >= 11 is 0.